The molecule has 1 aromatic rings. The van der Waals surface area contributed by atoms with Crippen LogP contribution in [0.5, 0.6) is 5.75 Å². The maximum absolute atomic E-state index is 12.4. The Morgan fingerprint density at radius 1 is 1.36 bits per heavy atom. The van der Waals surface area contributed by atoms with E-state index in [0.717, 1.165) is 0 Å². The van der Waals surface area contributed by atoms with E-state index in [1.165, 1.54) is 25.1 Å². The van der Waals surface area contributed by atoms with E-state index in [4.69, 9.17) is 9.47 Å². The first-order valence-corrected chi connectivity index (χ1v) is 7.04. The van der Waals surface area contributed by atoms with Crippen LogP contribution < -0.4 is 10.1 Å². The van der Waals surface area contributed by atoms with Crippen LogP contribution in [0.4, 0.5) is 5.69 Å². The summed E-state index contributed by atoms with van der Waals surface area (Å²) in [4.78, 5) is 23.3. The van der Waals surface area contributed by atoms with Crippen molar-refractivity contribution in [3.05, 3.63) is 23.8 Å². The van der Waals surface area contributed by atoms with Crippen LogP contribution in [0.25, 0.3) is 0 Å². The second-order valence-corrected chi connectivity index (χ2v) is 4.88. The number of rotatable bonds is 6. The van der Waals surface area contributed by atoms with Crippen LogP contribution in [0.3, 0.4) is 0 Å². The van der Waals surface area contributed by atoms with Crippen LogP contribution in [0.15, 0.2) is 18.2 Å². The van der Waals surface area contributed by atoms with E-state index in [9.17, 15) is 14.9 Å². The SMILES string of the molecule is CCO[C@@](C)(CC)C(=O)Nc1ccc(OC(C)=O)cc1C#N. The molecule has 0 aromatic heterocycles. The summed E-state index contributed by atoms with van der Waals surface area (Å²) in [5.41, 5.74) is -0.402. The standard InChI is InChI=1S/C16H20N2O4/c1-5-16(4,21-6-2)15(20)18-14-8-7-13(22-11(3)19)9-12(14)10-17/h7-9H,5-6H2,1-4H3,(H,18,20)/t16-/m0/s1. The van der Waals surface area contributed by atoms with Gasteiger partial charge in [0.1, 0.15) is 17.4 Å². The molecule has 6 nitrogen and oxygen atoms in total. The lowest BCUT2D eigenvalue weighted by Gasteiger charge is -2.27. The number of benzene rings is 1. The lowest BCUT2D eigenvalue weighted by Crippen LogP contribution is -2.42. The highest BCUT2D eigenvalue weighted by molar-refractivity contribution is 5.98. The first-order valence-electron chi connectivity index (χ1n) is 7.04. The summed E-state index contributed by atoms with van der Waals surface area (Å²) in [6.07, 6.45) is 0.500. The van der Waals surface area contributed by atoms with Crippen molar-refractivity contribution in [2.45, 2.75) is 39.7 Å². The average molecular weight is 304 g/mol. The molecule has 6 heteroatoms. The highest BCUT2D eigenvalue weighted by Gasteiger charge is 2.32. The Morgan fingerprint density at radius 3 is 2.55 bits per heavy atom. The van der Waals surface area contributed by atoms with Crippen molar-refractivity contribution in [3.8, 4) is 11.8 Å². The summed E-state index contributed by atoms with van der Waals surface area (Å²) in [5.74, 6) is -0.547. The normalized spacial score (nSPS) is 12.9. The maximum atomic E-state index is 12.4. The van der Waals surface area contributed by atoms with Gasteiger partial charge in [-0.2, -0.15) is 5.26 Å². The highest BCUT2D eigenvalue weighted by atomic mass is 16.5. The van der Waals surface area contributed by atoms with Crippen molar-refractivity contribution in [2.75, 3.05) is 11.9 Å². The second kappa shape index (κ2) is 7.57. The van der Waals surface area contributed by atoms with E-state index in [1.54, 1.807) is 6.92 Å². The van der Waals surface area contributed by atoms with Gasteiger partial charge in [-0.3, -0.25) is 9.59 Å². The minimum atomic E-state index is -0.962. The van der Waals surface area contributed by atoms with E-state index in [0.29, 0.717) is 18.7 Å². The molecular weight excluding hydrogens is 284 g/mol. The molecule has 0 saturated heterocycles. The van der Waals surface area contributed by atoms with Crippen LogP contribution in [0.1, 0.15) is 39.7 Å². The first kappa shape index (κ1) is 17.7. The van der Waals surface area contributed by atoms with E-state index < -0.39 is 11.6 Å². The molecule has 1 atom stereocenters. The lowest BCUT2D eigenvalue weighted by atomic mass is 10.0. The number of amides is 1. The summed E-state index contributed by atoms with van der Waals surface area (Å²) in [7, 11) is 0. The number of carbonyl (C=O) groups is 2. The van der Waals surface area contributed by atoms with Gasteiger partial charge in [0.15, 0.2) is 0 Å². The number of hydrogen-bond acceptors (Lipinski definition) is 5. The predicted molar refractivity (Wildman–Crippen MR) is 81.4 cm³/mol. The molecule has 0 aliphatic rings. The Labute approximate surface area is 130 Å². The van der Waals surface area contributed by atoms with E-state index >= 15 is 0 Å². The molecule has 1 aromatic carbocycles. The number of nitriles is 1. The summed E-state index contributed by atoms with van der Waals surface area (Å²) in [5, 5.41) is 11.9. The minimum Gasteiger partial charge on any atom is -0.427 e. The summed E-state index contributed by atoms with van der Waals surface area (Å²) in [6, 6.07) is 6.41. The molecule has 0 aliphatic carbocycles. The molecule has 1 rings (SSSR count). The van der Waals surface area contributed by atoms with Crippen LogP contribution >= 0.6 is 0 Å². The van der Waals surface area contributed by atoms with Crippen molar-refractivity contribution >= 4 is 17.6 Å². The van der Waals surface area contributed by atoms with Crippen LogP contribution in [-0.4, -0.2) is 24.1 Å². The van der Waals surface area contributed by atoms with E-state index in [2.05, 4.69) is 5.32 Å². The first-order chi connectivity index (χ1) is 10.4. The van der Waals surface area contributed by atoms with Crippen LogP contribution in [0.2, 0.25) is 0 Å². The minimum absolute atomic E-state index is 0.210. The number of nitrogens with zero attached hydrogens (tertiary/aromatic N) is 1. The fourth-order valence-corrected chi connectivity index (χ4v) is 1.86. The van der Waals surface area contributed by atoms with Crippen molar-refractivity contribution in [1.82, 2.24) is 0 Å². The van der Waals surface area contributed by atoms with Gasteiger partial charge in [0.2, 0.25) is 0 Å². The Morgan fingerprint density at radius 2 is 2.05 bits per heavy atom. The number of ether oxygens (including phenoxy) is 2. The fourth-order valence-electron chi connectivity index (χ4n) is 1.86. The fraction of sp³-hybridized carbons (Fsp3) is 0.438. The van der Waals surface area contributed by atoms with Crippen molar-refractivity contribution < 1.29 is 19.1 Å². The van der Waals surface area contributed by atoms with Gasteiger partial charge < -0.3 is 14.8 Å². The molecule has 0 fully saturated rings. The number of anilines is 1. The quantitative estimate of drug-likeness (QED) is 0.644. The zero-order chi connectivity index (χ0) is 16.8. The molecule has 22 heavy (non-hydrogen) atoms. The summed E-state index contributed by atoms with van der Waals surface area (Å²) >= 11 is 0. The van der Waals surface area contributed by atoms with Gasteiger partial charge in [-0.1, -0.05) is 6.92 Å². The van der Waals surface area contributed by atoms with E-state index in [-0.39, 0.29) is 17.2 Å². The molecule has 1 amide bonds. The zero-order valence-corrected chi connectivity index (χ0v) is 13.2. The van der Waals surface area contributed by atoms with Gasteiger partial charge in [0, 0.05) is 19.6 Å². The van der Waals surface area contributed by atoms with Crippen LogP contribution in [0, 0.1) is 11.3 Å². The molecule has 0 unspecified atom stereocenters. The molecule has 1 N–H and O–H groups in total. The van der Waals surface area contributed by atoms with Gasteiger partial charge >= 0.3 is 5.97 Å². The second-order valence-electron chi connectivity index (χ2n) is 4.88. The van der Waals surface area contributed by atoms with Gasteiger partial charge in [0.25, 0.3) is 5.91 Å². The Kier molecular flexibility index (Phi) is 6.08. The van der Waals surface area contributed by atoms with Gasteiger partial charge in [-0.15, -0.1) is 0 Å². The van der Waals surface area contributed by atoms with Crippen LogP contribution in [-0.2, 0) is 14.3 Å². The monoisotopic (exact) mass is 304 g/mol. The van der Waals surface area contributed by atoms with Gasteiger partial charge in [0.05, 0.1) is 11.3 Å². The molecule has 0 radical (unpaired) electrons. The van der Waals surface area contributed by atoms with E-state index in [1.807, 2.05) is 19.9 Å². The Balaban J connectivity index is 3.00. The Bertz CT molecular complexity index is 607. The number of esters is 1. The summed E-state index contributed by atoms with van der Waals surface area (Å²) < 4.78 is 10.4. The third-order valence-electron chi connectivity index (χ3n) is 3.24. The predicted octanol–water partition coefficient (Wildman–Crippen LogP) is 2.63. The third kappa shape index (κ3) is 4.30. The average Bonchev–Trinajstić information content (AvgIpc) is 2.48. The largest absolute Gasteiger partial charge is 0.427 e. The smallest absolute Gasteiger partial charge is 0.308 e. The topological polar surface area (TPSA) is 88.4 Å². The molecule has 0 aliphatic heterocycles. The molecule has 0 spiro atoms. The number of carbonyl (C=O) groups excluding carboxylic acids is 2. The summed E-state index contributed by atoms with van der Waals surface area (Å²) in [6.45, 7) is 7.05. The third-order valence-corrected chi connectivity index (χ3v) is 3.24. The number of hydrogen-bond donors (Lipinski definition) is 1. The number of nitrogens with one attached hydrogen (secondary N) is 1. The zero-order valence-electron chi connectivity index (χ0n) is 13.2. The maximum Gasteiger partial charge on any atom is 0.308 e. The molecule has 0 heterocycles. The highest BCUT2D eigenvalue weighted by Crippen LogP contribution is 2.24. The van der Waals surface area contributed by atoms with Crippen molar-refractivity contribution in [3.63, 3.8) is 0 Å². The molecular formula is C16H20N2O4. The van der Waals surface area contributed by atoms with Crippen molar-refractivity contribution in [2.24, 2.45) is 0 Å². The molecule has 0 bridgehead atoms. The lowest BCUT2D eigenvalue weighted by molar-refractivity contribution is -0.139. The Hall–Kier alpha value is -2.39. The van der Waals surface area contributed by atoms with Gasteiger partial charge in [-0.25, -0.2) is 0 Å². The molecule has 118 valence electrons. The molecule has 0 saturated carbocycles. The van der Waals surface area contributed by atoms with Crippen molar-refractivity contribution in [1.29, 1.82) is 5.26 Å². The van der Waals surface area contributed by atoms with Gasteiger partial charge in [-0.05, 0) is 32.4 Å².